The van der Waals surface area contributed by atoms with Gasteiger partial charge in [0.15, 0.2) is 0 Å². The van der Waals surface area contributed by atoms with Crippen molar-refractivity contribution in [2.24, 2.45) is 5.92 Å². The predicted octanol–water partition coefficient (Wildman–Crippen LogP) is 1.91. The van der Waals surface area contributed by atoms with E-state index in [9.17, 15) is 4.79 Å². The van der Waals surface area contributed by atoms with Gasteiger partial charge in [-0.1, -0.05) is 6.07 Å². The zero-order chi connectivity index (χ0) is 13.8. The summed E-state index contributed by atoms with van der Waals surface area (Å²) in [5.41, 5.74) is 1.72. The van der Waals surface area contributed by atoms with Crippen LogP contribution < -0.4 is 10.2 Å². The summed E-state index contributed by atoms with van der Waals surface area (Å²) in [6.07, 6.45) is 1.18. The van der Waals surface area contributed by atoms with Crippen LogP contribution in [0.1, 0.15) is 23.7 Å². The Hall–Kier alpha value is -1.55. The topological polar surface area (TPSA) is 41.6 Å². The Balaban J connectivity index is 2.16. The second-order valence-electron chi connectivity index (χ2n) is 5.08. The molecular formula is C15H22N2O2. The van der Waals surface area contributed by atoms with E-state index in [2.05, 4.69) is 23.2 Å². The molecule has 1 fully saturated rings. The van der Waals surface area contributed by atoms with Gasteiger partial charge in [-0.15, -0.1) is 0 Å². The molecule has 2 rings (SSSR count). The van der Waals surface area contributed by atoms with Crippen LogP contribution in [0, 0.1) is 5.92 Å². The number of methoxy groups -OCH3 is 1. The molecule has 1 aromatic rings. The lowest BCUT2D eigenvalue weighted by molar-refractivity contribution is 0.0601. The molecule has 2 atom stereocenters. The van der Waals surface area contributed by atoms with Gasteiger partial charge in [0.05, 0.1) is 12.7 Å². The lowest BCUT2D eigenvalue weighted by Gasteiger charge is -2.27. The fourth-order valence-corrected chi connectivity index (χ4v) is 2.83. The fourth-order valence-electron chi connectivity index (χ4n) is 2.83. The third-order valence-corrected chi connectivity index (χ3v) is 3.98. The van der Waals surface area contributed by atoms with Gasteiger partial charge in [-0.2, -0.15) is 0 Å². The minimum absolute atomic E-state index is 0.277. The van der Waals surface area contributed by atoms with Gasteiger partial charge in [0.1, 0.15) is 0 Å². The lowest BCUT2D eigenvalue weighted by Crippen LogP contribution is -2.33. The molecule has 1 aromatic carbocycles. The first-order chi connectivity index (χ1) is 9.17. The summed E-state index contributed by atoms with van der Waals surface area (Å²) in [7, 11) is 3.41. The van der Waals surface area contributed by atoms with E-state index in [0.717, 1.165) is 18.8 Å². The molecule has 19 heavy (non-hydrogen) atoms. The largest absolute Gasteiger partial charge is 0.465 e. The summed E-state index contributed by atoms with van der Waals surface area (Å²) >= 11 is 0. The van der Waals surface area contributed by atoms with Gasteiger partial charge in [0.2, 0.25) is 0 Å². The number of rotatable bonds is 4. The number of nitrogens with one attached hydrogen (secondary N) is 1. The third kappa shape index (κ3) is 2.89. The fraction of sp³-hybridized carbons (Fsp3) is 0.533. The molecule has 1 heterocycles. The molecule has 1 saturated heterocycles. The standard InChI is InChI=1S/C15H22N2O2/c1-11-13(10-16-2)7-8-17(11)14-6-4-5-12(9-14)15(18)19-3/h4-6,9,11,13,16H,7-8,10H2,1-3H3. The third-order valence-electron chi connectivity index (χ3n) is 3.98. The minimum atomic E-state index is -0.277. The summed E-state index contributed by atoms with van der Waals surface area (Å²) in [6, 6.07) is 8.18. The first-order valence-corrected chi connectivity index (χ1v) is 6.77. The average Bonchev–Trinajstić information content (AvgIpc) is 2.80. The Bertz CT molecular complexity index is 448. The van der Waals surface area contributed by atoms with Crippen molar-refractivity contribution in [3.05, 3.63) is 29.8 Å². The van der Waals surface area contributed by atoms with Crippen LogP contribution in [0.15, 0.2) is 24.3 Å². The summed E-state index contributed by atoms with van der Waals surface area (Å²) < 4.78 is 4.77. The molecule has 0 bridgehead atoms. The van der Waals surface area contributed by atoms with Crippen molar-refractivity contribution < 1.29 is 9.53 Å². The second kappa shape index (κ2) is 6.06. The normalized spacial score (nSPS) is 22.6. The molecule has 0 saturated carbocycles. The van der Waals surface area contributed by atoms with Crippen molar-refractivity contribution in [3.63, 3.8) is 0 Å². The van der Waals surface area contributed by atoms with Crippen molar-refractivity contribution in [1.82, 2.24) is 5.32 Å². The molecule has 1 aliphatic heterocycles. The van der Waals surface area contributed by atoms with E-state index in [1.807, 2.05) is 19.2 Å². The number of hydrogen-bond donors (Lipinski definition) is 1. The summed E-state index contributed by atoms with van der Waals surface area (Å²) in [4.78, 5) is 13.9. The Kier molecular flexibility index (Phi) is 4.43. The smallest absolute Gasteiger partial charge is 0.337 e. The number of nitrogens with zero attached hydrogens (tertiary/aromatic N) is 1. The Morgan fingerprint density at radius 1 is 1.53 bits per heavy atom. The van der Waals surface area contributed by atoms with Gasteiger partial charge < -0.3 is 15.0 Å². The van der Waals surface area contributed by atoms with E-state index in [0.29, 0.717) is 17.5 Å². The molecule has 0 aliphatic carbocycles. The van der Waals surface area contributed by atoms with Crippen LogP contribution in [0.5, 0.6) is 0 Å². The highest BCUT2D eigenvalue weighted by molar-refractivity contribution is 5.90. The van der Waals surface area contributed by atoms with Crippen molar-refractivity contribution >= 4 is 11.7 Å². The molecule has 0 spiro atoms. The van der Waals surface area contributed by atoms with E-state index in [1.54, 1.807) is 6.07 Å². The van der Waals surface area contributed by atoms with Crippen LogP contribution in [0.4, 0.5) is 5.69 Å². The van der Waals surface area contributed by atoms with E-state index in [4.69, 9.17) is 4.74 Å². The summed E-state index contributed by atoms with van der Waals surface area (Å²) in [5, 5.41) is 3.25. The van der Waals surface area contributed by atoms with Gasteiger partial charge in [-0.25, -0.2) is 4.79 Å². The Morgan fingerprint density at radius 2 is 2.32 bits per heavy atom. The Morgan fingerprint density at radius 3 is 3.00 bits per heavy atom. The Labute approximate surface area is 114 Å². The number of carbonyl (C=O) groups excluding carboxylic acids is 1. The zero-order valence-corrected chi connectivity index (χ0v) is 11.8. The van der Waals surface area contributed by atoms with Gasteiger partial charge in [-0.3, -0.25) is 0 Å². The van der Waals surface area contributed by atoms with E-state index in [-0.39, 0.29) is 5.97 Å². The lowest BCUT2D eigenvalue weighted by atomic mass is 10.0. The molecule has 4 heteroatoms. The first-order valence-electron chi connectivity index (χ1n) is 6.77. The van der Waals surface area contributed by atoms with E-state index < -0.39 is 0 Å². The van der Waals surface area contributed by atoms with E-state index >= 15 is 0 Å². The van der Waals surface area contributed by atoms with Crippen LogP contribution >= 0.6 is 0 Å². The maximum atomic E-state index is 11.6. The minimum Gasteiger partial charge on any atom is -0.465 e. The van der Waals surface area contributed by atoms with Crippen LogP contribution in [-0.2, 0) is 4.74 Å². The number of anilines is 1. The van der Waals surface area contributed by atoms with Gasteiger partial charge in [-0.05, 0) is 51.1 Å². The van der Waals surface area contributed by atoms with E-state index in [1.165, 1.54) is 13.5 Å². The number of carbonyl (C=O) groups is 1. The highest BCUT2D eigenvalue weighted by atomic mass is 16.5. The molecule has 0 amide bonds. The summed E-state index contributed by atoms with van der Waals surface area (Å²) in [5.74, 6) is 0.382. The average molecular weight is 262 g/mol. The molecule has 1 aliphatic rings. The molecule has 1 N–H and O–H groups in total. The highest BCUT2D eigenvalue weighted by Gasteiger charge is 2.30. The van der Waals surface area contributed by atoms with Crippen molar-refractivity contribution in [1.29, 1.82) is 0 Å². The van der Waals surface area contributed by atoms with Crippen LogP contribution in [-0.4, -0.2) is 39.3 Å². The van der Waals surface area contributed by atoms with Gasteiger partial charge in [0, 0.05) is 18.3 Å². The number of ether oxygens (including phenoxy) is 1. The summed E-state index contributed by atoms with van der Waals surface area (Å²) in [6.45, 7) is 4.33. The van der Waals surface area contributed by atoms with Crippen LogP contribution in [0.2, 0.25) is 0 Å². The number of esters is 1. The molecule has 0 radical (unpaired) electrons. The molecule has 104 valence electrons. The van der Waals surface area contributed by atoms with Crippen molar-refractivity contribution in [2.45, 2.75) is 19.4 Å². The molecule has 4 nitrogen and oxygen atoms in total. The quantitative estimate of drug-likeness (QED) is 0.842. The van der Waals surface area contributed by atoms with Gasteiger partial charge >= 0.3 is 5.97 Å². The highest BCUT2D eigenvalue weighted by Crippen LogP contribution is 2.29. The SMILES string of the molecule is CNCC1CCN(c2cccc(C(=O)OC)c2)C1C. The van der Waals surface area contributed by atoms with Crippen molar-refractivity contribution in [2.75, 3.05) is 32.1 Å². The maximum absolute atomic E-state index is 11.6. The van der Waals surface area contributed by atoms with Gasteiger partial charge in [0.25, 0.3) is 0 Å². The predicted molar refractivity (Wildman–Crippen MR) is 76.6 cm³/mol. The molecular weight excluding hydrogens is 240 g/mol. The zero-order valence-electron chi connectivity index (χ0n) is 11.8. The van der Waals surface area contributed by atoms with Crippen LogP contribution in [0.3, 0.4) is 0 Å². The number of hydrogen-bond acceptors (Lipinski definition) is 4. The monoisotopic (exact) mass is 262 g/mol. The molecule has 0 aromatic heterocycles. The maximum Gasteiger partial charge on any atom is 0.337 e. The second-order valence-corrected chi connectivity index (χ2v) is 5.08. The first kappa shape index (κ1) is 13.9. The number of benzene rings is 1. The molecule has 2 unspecified atom stereocenters. The van der Waals surface area contributed by atoms with Crippen LogP contribution in [0.25, 0.3) is 0 Å². The van der Waals surface area contributed by atoms with Crippen molar-refractivity contribution in [3.8, 4) is 0 Å².